The zero-order valence-electron chi connectivity index (χ0n) is 12.9. The van der Waals surface area contributed by atoms with Gasteiger partial charge in [-0.25, -0.2) is 0 Å². The van der Waals surface area contributed by atoms with Gasteiger partial charge in [-0.15, -0.1) is 0 Å². The van der Waals surface area contributed by atoms with Crippen LogP contribution in [0.4, 0.5) is 0 Å². The lowest BCUT2D eigenvalue weighted by Crippen LogP contribution is -2.38. The lowest BCUT2D eigenvalue weighted by atomic mass is 9.87. The number of rotatable bonds is 3. The minimum absolute atomic E-state index is 0.127. The Morgan fingerprint density at radius 3 is 2.48 bits per heavy atom. The molecule has 3 heteroatoms. The Labute approximate surface area is 127 Å². The first-order valence-corrected chi connectivity index (χ1v) is 7.49. The zero-order chi connectivity index (χ0) is 15.3. The van der Waals surface area contributed by atoms with E-state index >= 15 is 0 Å². The average Bonchev–Trinajstić information content (AvgIpc) is 2.93. The summed E-state index contributed by atoms with van der Waals surface area (Å²) in [5.41, 5.74) is 1.81. The minimum atomic E-state index is -0.165. The Hall–Kier alpha value is -1.79. The maximum absolute atomic E-state index is 12.6. The molecule has 1 fully saturated rings. The molecule has 0 aliphatic heterocycles. The van der Waals surface area contributed by atoms with Crippen LogP contribution in [0.25, 0.3) is 0 Å². The summed E-state index contributed by atoms with van der Waals surface area (Å²) in [6, 6.07) is 7.82. The molecular weight excluding hydrogens is 262 g/mol. The smallest absolute Gasteiger partial charge is 0.228 e. The van der Waals surface area contributed by atoms with E-state index in [4.69, 9.17) is 5.11 Å². The summed E-state index contributed by atoms with van der Waals surface area (Å²) in [6.45, 7) is 2.59. The van der Waals surface area contributed by atoms with E-state index in [-0.39, 0.29) is 17.9 Å². The molecule has 0 unspecified atom stereocenters. The van der Waals surface area contributed by atoms with Gasteiger partial charge in [0.1, 0.15) is 6.61 Å². The third-order valence-electron chi connectivity index (χ3n) is 4.26. The Balaban J connectivity index is 1.99. The quantitative estimate of drug-likeness (QED) is 0.867. The van der Waals surface area contributed by atoms with E-state index in [2.05, 4.69) is 18.8 Å². The van der Waals surface area contributed by atoms with Crippen molar-refractivity contribution in [1.82, 2.24) is 4.90 Å². The topological polar surface area (TPSA) is 40.5 Å². The van der Waals surface area contributed by atoms with Gasteiger partial charge in [-0.05, 0) is 30.5 Å². The molecule has 3 nitrogen and oxygen atoms in total. The van der Waals surface area contributed by atoms with Crippen LogP contribution < -0.4 is 0 Å². The van der Waals surface area contributed by atoms with Gasteiger partial charge in [-0.1, -0.05) is 43.7 Å². The Kier molecular flexibility index (Phi) is 5.03. The minimum Gasteiger partial charge on any atom is -0.384 e. The number of carbonyl (C=O) groups excluding carboxylic acids is 1. The van der Waals surface area contributed by atoms with Gasteiger partial charge in [0, 0.05) is 24.6 Å². The molecule has 1 N–H and O–H groups in total. The predicted molar refractivity (Wildman–Crippen MR) is 83.5 cm³/mol. The Bertz CT molecular complexity index is 545. The Morgan fingerprint density at radius 2 is 1.90 bits per heavy atom. The van der Waals surface area contributed by atoms with Gasteiger partial charge < -0.3 is 10.0 Å². The van der Waals surface area contributed by atoms with Crippen molar-refractivity contribution in [3.8, 4) is 11.8 Å². The van der Waals surface area contributed by atoms with Crippen LogP contribution in [0.3, 0.4) is 0 Å². The van der Waals surface area contributed by atoms with Crippen molar-refractivity contribution in [3.05, 3.63) is 35.4 Å². The first kappa shape index (κ1) is 15.6. The fraction of sp³-hybridized carbons (Fsp3) is 0.500. The van der Waals surface area contributed by atoms with E-state index in [1.165, 1.54) is 0 Å². The summed E-state index contributed by atoms with van der Waals surface area (Å²) in [4.78, 5) is 14.4. The molecule has 1 aliphatic rings. The summed E-state index contributed by atoms with van der Waals surface area (Å²) in [5, 5.41) is 8.67. The van der Waals surface area contributed by atoms with Gasteiger partial charge in [0.15, 0.2) is 0 Å². The fourth-order valence-corrected chi connectivity index (χ4v) is 3.01. The van der Waals surface area contributed by atoms with Crippen LogP contribution in [-0.4, -0.2) is 29.6 Å². The van der Waals surface area contributed by atoms with Gasteiger partial charge in [0.05, 0.1) is 0 Å². The van der Waals surface area contributed by atoms with Gasteiger partial charge in [-0.2, -0.15) is 0 Å². The van der Waals surface area contributed by atoms with Crippen LogP contribution in [-0.2, 0) is 11.3 Å². The molecule has 0 bridgehead atoms. The maximum atomic E-state index is 12.6. The number of carbonyl (C=O) groups is 1. The first-order valence-electron chi connectivity index (χ1n) is 7.49. The number of hydrogen-bond donors (Lipinski definition) is 1. The summed E-state index contributed by atoms with van der Waals surface area (Å²) >= 11 is 0. The molecule has 2 rings (SSSR count). The molecule has 0 aromatic heterocycles. The molecule has 1 aromatic carbocycles. The molecule has 21 heavy (non-hydrogen) atoms. The number of aliphatic hydroxyl groups excluding tert-OH is 1. The molecule has 0 spiro atoms. The molecule has 0 saturated heterocycles. The zero-order valence-corrected chi connectivity index (χ0v) is 12.9. The molecule has 0 radical (unpaired) electrons. The normalized spacial score (nSPS) is 16.1. The van der Waals surface area contributed by atoms with Gasteiger partial charge >= 0.3 is 0 Å². The second-order valence-corrected chi connectivity index (χ2v) is 6.09. The standard InChI is InChI=1S/C18H23NO2/c1-18(11-3-4-12-18)17(21)19(2)14-16-9-7-15(8-10-16)6-5-13-20/h7-10,20H,3-4,11-14H2,1-2H3. The van der Waals surface area contributed by atoms with Crippen LogP contribution in [0.15, 0.2) is 24.3 Å². The molecule has 0 heterocycles. The highest BCUT2D eigenvalue weighted by atomic mass is 16.2. The molecule has 1 aliphatic carbocycles. The molecule has 112 valence electrons. The highest BCUT2D eigenvalue weighted by Gasteiger charge is 2.37. The van der Waals surface area contributed by atoms with E-state index in [9.17, 15) is 4.79 Å². The molecule has 1 aromatic rings. The Morgan fingerprint density at radius 1 is 1.29 bits per heavy atom. The third-order valence-corrected chi connectivity index (χ3v) is 4.26. The number of hydrogen-bond acceptors (Lipinski definition) is 2. The van der Waals surface area contributed by atoms with Gasteiger partial charge in [0.25, 0.3) is 0 Å². The number of benzene rings is 1. The average molecular weight is 285 g/mol. The summed E-state index contributed by atoms with van der Waals surface area (Å²) in [5.74, 6) is 5.75. The van der Waals surface area contributed by atoms with E-state index in [0.717, 1.165) is 36.8 Å². The van der Waals surface area contributed by atoms with Gasteiger partial charge in [0.2, 0.25) is 5.91 Å². The van der Waals surface area contributed by atoms with Crippen molar-refractivity contribution in [2.75, 3.05) is 13.7 Å². The van der Waals surface area contributed by atoms with E-state index in [0.29, 0.717) is 6.54 Å². The molecule has 1 amide bonds. The largest absolute Gasteiger partial charge is 0.384 e. The SMILES string of the molecule is CN(Cc1ccc(C#CCO)cc1)C(=O)C1(C)CCCC1. The number of amides is 1. The van der Waals surface area contributed by atoms with Crippen LogP contribution in [0.2, 0.25) is 0 Å². The number of nitrogens with zero attached hydrogens (tertiary/aromatic N) is 1. The van der Waals surface area contributed by atoms with E-state index in [1.807, 2.05) is 36.2 Å². The highest BCUT2D eigenvalue weighted by Crippen LogP contribution is 2.39. The highest BCUT2D eigenvalue weighted by molar-refractivity contribution is 5.82. The van der Waals surface area contributed by atoms with Crippen LogP contribution >= 0.6 is 0 Å². The van der Waals surface area contributed by atoms with Crippen molar-refractivity contribution in [2.24, 2.45) is 5.41 Å². The number of aliphatic hydroxyl groups is 1. The third kappa shape index (κ3) is 3.86. The van der Waals surface area contributed by atoms with Crippen LogP contribution in [0, 0.1) is 17.3 Å². The molecule has 0 atom stereocenters. The van der Waals surface area contributed by atoms with E-state index < -0.39 is 0 Å². The summed E-state index contributed by atoms with van der Waals surface area (Å²) < 4.78 is 0. The van der Waals surface area contributed by atoms with Crippen LogP contribution in [0.1, 0.15) is 43.7 Å². The van der Waals surface area contributed by atoms with Crippen molar-refractivity contribution in [1.29, 1.82) is 0 Å². The first-order chi connectivity index (χ1) is 10.0. The molecular formula is C18H23NO2. The van der Waals surface area contributed by atoms with Crippen molar-refractivity contribution >= 4 is 5.91 Å². The molecule has 1 saturated carbocycles. The second kappa shape index (κ2) is 6.78. The van der Waals surface area contributed by atoms with Crippen molar-refractivity contribution in [2.45, 2.75) is 39.2 Å². The van der Waals surface area contributed by atoms with Crippen molar-refractivity contribution < 1.29 is 9.90 Å². The lowest BCUT2D eigenvalue weighted by molar-refractivity contribution is -0.140. The van der Waals surface area contributed by atoms with Gasteiger partial charge in [-0.3, -0.25) is 4.79 Å². The summed E-state index contributed by atoms with van der Waals surface area (Å²) in [7, 11) is 1.88. The van der Waals surface area contributed by atoms with E-state index in [1.54, 1.807) is 0 Å². The monoisotopic (exact) mass is 285 g/mol. The fourth-order valence-electron chi connectivity index (χ4n) is 3.01. The van der Waals surface area contributed by atoms with Crippen LogP contribution in [0.5, 0.6) is 0 Å². The maximum Gasteiger partial charge on any atom is 0.228 e. The van der Waals surface area contributed by atoms with Crippen molar-refractivity contribution in [3.63, 3.8) is 0 Å². The summed E-state index contributed by atoms with van der Waals surface area (Å²) in [6.07, 6.45) is 4.33. The second-order valence-electron chi connectivity index (χ2n) is 6.09. The predicted octanol–water partition coefficient (Wildman–Crippen LogP) is 2.57. The lowest BCUT2D eigenvalue weighted by Gasteiger charge is -2.29.